The van der Waals surface area contributed by atoms with Gasteiger partial charge in [-0.15, -0.1) is 0 Å². The fraction of sp³-hybridized carbons (Fsp3) is 0.700. The molecule has 2 rings (SSSR count). The molecule has 72 valence electrons. The Morgan fingerprint density at radius 3 is 2.69 bits per heavy atom. The topological polar surface area (TPSA) is 43.8 Å². The average molecular weight is 179 g/mol. The average Bonchev–Trinajstić information content (AvgIpc) is 2.53. The van der Waals surface area contributed by atoms with E-state index < -0.39 is 0 Å². The third-order valence-electron chi connectivity index (χ3n) is 3.28. The van der Waals surface area contributed by atoms with Gasteiger partial charge in [-0.3, -0.25) is 4.68 Å². The molecule has 1 atom stereocenters. The van der Waals surface area contributed by atoms with Crippen molar-refractivity contribution < 1.29 is 0 Å². The predicted octanol–water partition coefficient (Wildman–Crippen LogP) is 1.49. The summed E-state index contributed by atoms with van der Waals surface area (Å²) < 4.78 is 1.99. The molecule has 0 amide bonds. The molecule has 3 heteroatoms. The van der Waals surface area contributed by atoms with Crippen molar-refractivity contribution in [1.82, 2.24) is 9.78 Å². The van der Waals surface area contributed by atoms with E-state index in [1.807, 2.05) is 16.9 Å². The van der Waals surface area contributed by atoms with Crippen LogP contribution in [0.3, 0.4) is 0 Å². The maximum atomic E-state index is 6.31. The number of nitrogens with zero attached hydrogens (tertiary/aromatic N) is 2. The van der Waals surface area contributed by atoms with Gasteiger partial charge in [-0.05, 0) is 24.8 Å². The van der Waals surface area contributed by atoms with E-state index in [2.05, 4.69) is 25.9 Å². The Morgan fingerprint density at radius 2 is 2.23 bits per heavy atom. The van der Waals surface area contributed by atoms with Gasteiger partial charge in [0, 0.05) is 12.7 Å². The van der Waals surface area contributed by atoms with Gasteiger partial charge in [0.2, 0.25) is 0 Å². The highest BCUT2D eigenvalue weighted by Gasteiger charge is 2.60. The minimum absolute atomic E-state index is 0.139. The number of rotatable bonds is 2. The molecule has 1 aromatic rings. The first-order valence-corrected chi connectivity index (χ1v) is 4.82. The van der Waals surface area contributed by atoms with Crippen LogP contribution in [0.25, 0.3) is 0 Å². The summed E-state index contributed by atoms with van der Waals surface area (Å²) in [4.78, 5) is 0. The Bertz CT molecular complexity index is 327. The summed E-state index contributed by atoms with van der Waals surface area (Å²) in [7, 11) is 0. The molecule has 0 aromatic carbocycles. The second-order valence-corrected chi connectivity index (χ2v) is 4.56. The van der Waals surface area contributed by atoms with Crippen LogP contribution in [0.15, 0.2) is 12.3 Å². The van der Waals surface area contributed by atoms with Crippen LogP contribution in [0.1, 0.15) is 32.9 Å². The van der Waals surface area contributed by atoms with E-state index in [4.69, 9.17) is 5.73 Å². The maximum absolute atomic E-state index is 6.31. The summed E-state index contributed by atoms with van der Waals surface area (Å²) in [6.07, 6.45) is 2.90. The van der Waals surface area contributed by atoms with E-state index in [1.54, 1.807) is 0 Å². The summed E-state index contributed by atoms with van der Waals surface area (Å²) >= 11 is 0. The fourth-order valence-corrected chi connectivity index (χ4v) is 2.05. The lowest BCUT2D eigenvalue weighted by atomic mass is 10.0. The molecule has 1 heterocycles. The molecule has 2 N–H and O–H groups in total. The molecule has 1 saturated carbocycles. The van der Waals surface area contributed by atoms with Crippen molar-refractivity contribution in [3.05, 3.63) is 18.0 Å². The van der Waals surface area contributed by atoms with E-state index in [0.29, 0.717) is 0 Å². The number of hydrogen-bond acceptors (Lipinski definition) is 2. The Labute approximate surface area is 78.9 Å². The third-order valence-corrected chi connectivity index (χ3v) is 3.28. The van der Waals surface area contributed by atoms with Gasteiger partial charge in [-0.2, -0.15) is 5.10 Å². The molecular weight excluding hydrogens is 162 g/mol. The van der Waals surface area contributed by atoms with Crippen LogP contribution in [0, 0.1) is 5.41 Å². The van der Waals surface area contributed by atoms with Crippen LogP contribution in [-0.2, 0) is 12.1 Å². The summed E-state index contributed by atoms with van der Waals surface area (Å²) in [5, 5.41) is 4.24. The number of nitrogens with two attached hydrogens (primary N) is 1. The largest absolute Gasteiger partial charge is 0.320 e. The fourth-order valence-electron chi connectivity index (χ4n) is 2.05. The first kappa shape index (κ1) is 8.75. The predicted molar refractivity (Wildman–Crippen MR) is 52.2 cm³/mol. The number of aryl methyl sites for hydroxylation is 1. The van der Waals surface area contributed by atoms with Gasteiger partial charge in [0.05, 0.1) is 11.2 Å². The van der Waals surface area contributed by atoms with E-state index in [0.717, 1.165) is 13.0 Å². The Balaban J connectivity index is 2.37. The van der Waals surface area contributed by atoms with E-state index >= 15 is 0 Å². The van der Waals surface area contributed by atoms with Gasteiger partial charge in [-0.1, -0.05) is 13.8 Å². The highest BCUT2D eigenvalue weighted by atomic mass is 15.3. The van der Waals surface area contributed by atoms with E-state index in [1.165, 1.54) is 5.69 Å². The molecule has 0 saturated heterocycles. The summed E-state index contributed by atoms with van der Waals surface area (Å²) in [6, 6.07) is 2.04. The third kappa shape index (κ3) is 1.03. The van der Waals surface area contributed by atoms with Crippen LogP contribution in [0.5, 0.6) is 0 Å². The smallest absolute Gasteiger partial charge is 0.0639 e. The maximum Gasteiger partial charge on any atom is 0.0639 e. The van der Waals surface area contributed by atoms with E-state index in [-0.39, 0.29) is 11.0 Å². The number of hydrogen-bond donors (Lipinski definition) is 1. The minimum Gasteiger partial charge on any atom is -0.320 e. The van der Waals surface area contributed by atoms with Crippen LogP contribution >= 0.6 is 0 Å². The van der Waals surface area contributed by atoms with Crippen molar-refractivity contribution in [1.29, 1.82) is 0 Å². The zero-order valence-electron chi connectivity index (χ0n) is 8.54. The summed E-state index contributed by atoms with van der Waals surface area (Å²) in [5.74, 6) is 0. The second kappa shape index (κ2) is 2.35. The SMILES string of the molecule is CCn1nccc1C1(N)CC1(C)C. The first-order valence-electron chi connectivity index (χ1n) is 4.82. The Kier molecular flexibility index (Phi) is 1.58. The van der Waals surface area contributed by atoms with Gasteiger partial charge >= 0.3 is 0 Å². The molecule has 0 bridgehead atoms. The van der Waals surface area contributed by atoms with Gasteiger partial charge in [0.1, 0.15) is 0 Å². The quantitative estimate of drug-likeness (QED) is 0.747. The lowest BCUT2D eigenvalue weighted by Gasteiger charge is -2.16. The molecule has 13 heavy (non-hydrogen) atoms. The lowest BCUT2D eigenvalue weighted by molar-refractivity contribution is 0.465. The highest BCUT2D eigenvalue weighted by Crippen LogP contribution is 2.60. The van der Waals surface area contributed by atoms with Crippen molar-refractivity contribution >= 4 is 0 Å². The summed E-state index contributed by atoms with van der Waals surface area (Å²) in [5.41, 5.74) is 7.58. The van der Waals surface area contributed by atoms with Crippen LogP contribution in [0.4, 0.5) is 0 Å². The molecule has 0 spiro atoms. The first-order chi connectivity index (χ1) is 6.01. The van der Waals surface area contributed by atoms with Crippen molar-refractivity contribution in [2.75, 3.05) is 0 Å². The molecule has 0 radical (unpaired) electrons. The van der Waals surface area contributed by atoms with Crippen molar-refractivity contribution in [2.45, 2.75) is 39.3 Å². The van der Waals surface area contributed by atoms with Gasteiger partial charge in [-0.25, -0.2) is 0 Å². The molecule has 1 aliphatic carbocycles. The number of aromatic nitrogens is 2. The van der Waals surface area contributed by atoms with Crippen LogP contribution in [0.2, 0.25) is 0 Å². The molecule has 1 aromatic heterocycles. The van der Waals surface area contributed by atoms with Crippen molar-refractivity contribution in [3.63, 3.8) is 0 Å². The van der Waals surface area contributed by atoms with E-state index in [9.17, 15) is 0 Å². The zero-order valence-corrected chi connectivity index (χ0v) is 8.54. The molecule has 1 aliphatic rings. The monoisotopic (exact) mass is 179 g/mol. The lowest BCUT2D eigenvalue weighted by Crippen LogP contribution is -2.28. The van der Waals surface area contributed by atoms with Gasteiger partial charge < -0.3 is 5.73 Å². The van der Waals surface area contributed by atoms with Crippen LogP contribution in [-0.4, -0.2) is 9.78 Å². The standard InChI is InChI=1S/C10H17N3/c1-4-13-8(5-6-12-13)10(11)7-9(10,2)3/h5-6H,4,7,11H2,1-3H3. The summed E-state index contributed by atoms with van der Waals surface area (Å²) in [6.45, 7) is 7.41. The van der Waals surface area contributed by atoms with Crippen molar-refractivity contribution in [3.8, 4) is 0 Å². The van der Waals surface area contributed by atoms with Gasteiger partial charge in [0.15, 0.2) is 0 Å². The zero-order chi connectivity index (χ0) is 9.69. The molecule has 3 nitrogen and oxygen atoms in total. The Morgan fingerprint density at radius 1 is 1.62 bits per heavy atom. The van der Waals surface area contributed by atoms with Crippen molar-refractivity contribution in [2.24, 2.45) is 11.1 Å². The molecule has 1 unspecified atom stereocenters. The molecule has 0 aliphatic heterocycles. The highest BCUT2D eigenvalue weighted by molar-refractivity contribution is 5.29. The second-order valence-electron chi connectivity index (χ2n) is 4.56. The molecule has 1 fully saturated rings. The molecular formula is C10H17N3. The van der Waals surface area contributed by atoms with Gasteiger partial charge in [0.25, 0.3) is 0 Å². The minimum atomic E-state index is -0.139. The normalized spacial score (nSPS) is 30.5. The van der Waals surface area contributed by atoms with Crippen LogP contribution < -0.4 is 5.73 Å². The Hall–Kier alpha value is -0.830.